The molecule has 19 heteroatoms. The average Bonchev–Trinajstić information content (AvgIpc) is 0.894. The molecule has 0 saturated carbocycles. The fourth-order valence-electron chi connectivity index (χ4n) is 14.0. The summed E-state index contributed by atoms with van der Waals surface area (Å²) >= 11 is 0. The highest BCUT2D eigenvalue weighted by molar-refractivity contribution is 7.47. The number of unbranched alkanes of at least 4 members (excludes halogenated alkanes) is 61. The second-order valence-corrected chi connectivity index (χ2v) is 35.4. The highest BCUT2D eigenvalue weighted by Crippen LogP contribution is 2.45. The van der Waals surface area contributed by atoms with Crippen LogP contribution in [-0.4, -0.2) is 96.7 Å². The molecule has 3 N–H and O–H groups in total. The molecule has 0 radical (unpaired) electrons. The Morgan fingerprint density at radius 1 is 0.250 bits per heavy atom. The van der Waals surface area contributed by atoms with Gasteiger partial charge in [0.25, 0.3) is 0 Å². The Morgan fingerprint density at radius 2 is 0.426 bits per heavy atom. The number of phosphoric ester groups is 2. The molecule has 0 aliphatic carbocycles. The second kappa shape index (κ2) is 81.6. The van der Waals surface area contributed by atoms with Crippen molar-refractivity contribution in [3.8, 4) is 0 Å². The predicted molar refractivity (Wildman–Crippen MR) is 446 cm³/mol. The number of phosphoric acid groups is 2. The molecule has 0 saturated heterocycles. The fourth-order valence-corrected chi connectivity index (χ4v) is 15.6. The lowest BCUT2D eigenvalue weighted by Crippen LogP contribution is -2.30. The Morgan fingerprint density at radius 3 is 0.630 bits per heavy atom. The van der Waals surface area contributed by atoms with Crippen LogP contribution in [-0.2, 0) is 65.4 Å². The van der Waals surface area contributed by atoms with Crippen LogP contribution < -0.4 is 0 Å². The van der Waals surface area contributed by atoms with Crippen LogP contribution >= 0.6 is 15.6 Å². The first-order chi connectivity index (χ1) is 52.5. The third-order valence-electron chi connectivity index (χ3n) is 21.0. The molecule has 0 fully saturated rings. The van der Waals surface area contributed by atoms with Crippen LogP contribution in [0.25, 0.3) is 0 Å². The molecule has 17 nitrogen and oxygen atoms in total. The summed E-state index contributed by atoms with van der Waals surface area (Å²) in [6.07, 6.45) is 76.6. The maximum atomic E-state index is 13.2. The minimum absolute atomic E-state index is 0.108. The molecule has 0 amide bonds. The van der Waals surface area contributed by atoms with E-state index in [-0.39, 0.29) is 25.7 Å². The Labute approximate surface area is 664 Å². The number of hydrogen-bond acceptors (Lipinski definition) is 15. The van der Waals surface area contributed by atoms with Crippen molar-refractivity contribution < 1.29 is 80.2 Å². The van der Waals surface area contributed by atoms with Crippen molar-refractivity contribution in [1.29, 1.82) is 0 Å². The molecule has 642 valence electrons. The summed E-state index contributed by atoms with van der Waals surface area (Å²) in [6, 6.07) is 0. The zero-order chi connectivity index (χ0) is 79.0. The SMILES string of the molecule is CCCCCCCCCCCCCCCCCCCCCCC(=O)OC[C@H](COP(=O)(O)OC[C@@H](O)COP(=O)(O)OC[C@@H](COC(=O)CCCCCCCCCC(C)C)OC(=O)CCCCCCCCCCCCCCCCCCCC)OC(=O)CCCCCCCCCCCCCCCCCCCCCC. The largest absolute Gasteiger partial charge is 0.472 e. The Balaban J connectivity index is 5.22. The van der Waals surface area contributed by atoms with E-state index in [1.165, 1.54) is 302 Å². The number of esters is 4. The molecule has 0 aromatic heterocycles. The number of rotatable bonds is 89. The van der Waals surface area contributed by atoms with Gasteiger partial charge in [-0.05, 0) is 31.6 Å². The van der Waals surface area contributed by atoms with Gasteiger partial charge < -0.3 is 33.8 Å². The topological polar surface area (TPSA) is 237 Å². The highest BCUT2D eigenvalue weighted by atomic mass is 31.2. The Hall–Kier alpha value is -1.94. The third kappa shape index (κ3) is 82.1. The van der Waals surface area contributed by atoms with Gasteiger partial charge in [0.2, 0.25) is 0 Å². The molecule has 0 aromatic carbocycles. The van der Waals surface area contributed by atoms with Crippen LogP contribution in [0.4, 0.5) is 0 Å². The maximum absolute atomic E-state index is 13.2. The monoisotopic (exact) mass is 1580 g/mol. The van der Waals surface area contributed by atoms with Crippen molar-refractivity contribution >= 4 is 39.5 Å². The summed E-state index contributed by atoms with van der Waals surface area (Å²) in [4.78, 5) is 73.3. The van der Waals surface area contributed by atoms with Crippen LogP contribution in [0, 0.1) is 5.92 Å². The van der Waals surface area contributed by atoms with Gasteiger partial charge >= 0.3 is 39.5 Å². The van der Waals surface area contributed by atoms with E-state index in [1.807, 2.05) is 0 Å². The predicted octanol–water partition coefficient (Wildman–Crippen LogP) is 27.5. The zero-order valence-corrected chi connectivity index (χ0v) is 72.8. The molecular weight excluding hydrogens is 1400 g/mol. The first-order valence-electron chi connectivity index (χ1n) is 46.1. The Kier molecular flexibility index (Phi) is 80.2. The van der Waals surface area contributed by atoms with E-state index < -0.39 is 97.5 Å². The molecule has 108 heavy (non-hydrogen) atoms. The maximum Gasteiger partial charge on any atom is 0.472 e. The van der Waals surface area contributed by atoms with Gasteiger partial charge in [-0.15, -0.1) is 0 Å². The molecule has 0 bridgehead atoms. The normalized spacial score (nSPS) is 13.7. The summed E-state index contributed by atoms with van der Waals surface area (Å²) < 4.78 is 69.0. The fraction of sp³-hybridized carbons (Fsp3) is 0.955. The van der Waals surface area contributed by atoms with Gasteiger partial charge in [0, 0.05) is 25.7 Å². The molecule has 2 unspecified atom stereocenters. The van der Waals surface area contributed by atoms with Crippen molar-refractivity contribution in [1.82, 2.24) is 0 Å². The Bertz CT molecular complexity index is 2050. The number of aliphatic hydroxyl groups is 1. The number of hydrogen-bond donors (Lipinski definition) is 3. The van der Waals surface area contributed by atoms with Crippen LogP contribution in [0.1, 0.15) is 484 Å². The molecule has 0 spiro atoms. The van der Waals surface area contributed by atoms with E-state index in [4.69, 9.17) is 37.0 Å². The van der Waals surface area contributed by atoms with Gasteiger partial charge in [-0.25, -0.2) is 9.13 Å². The first kappa shape index (κ1) is 106. The van der Waals surface area contributed by atoms with Gasteiger partial charge in [-0.1, -0.05) is 433 Å². The molecule has 0 aliphatic rings. The molecule has 0 rings (SSSR count). The number of carbonyl (C=O) groups excluding carboxylic acids is 4. The summed E-state index contributed by atoms with van der Waals surface area (Å²) in [5.74, 6) is -1.39. The van der Waals surface area contributed by atoms with Crippen LogP contribution in [0.2, 0.25) is 0 Å². The molecule has 5 atom stereocenters. The van der Waals surface area contributed by atoms with E-state index in [0.29, 0.717) is 31.6 Å². The van der Waals surface area contributed by atoms with Gasteiger partial charge in [0.05, 0.1) is 26.4 Å². The minimum Gasteiger partial charge on any atom is -0.462 e. The van der Waals surface area contributed by atoms with Crippen LogP contribution in [0.3, 0.4) is 0 Å². The van der Waals surface area contributed by atoms with Crippen molar-refractivity contribution in [2.45, 2.75) is 502 Å². The van der Waals surface area contributed by atoms with Crippen molar-refractivity contribution in [2.75, 3.05) is 39.6 Å². The van der Waals surface area contributed by atoms with Gasteiger partial charge in [0.1, 0.15) is 19.3 Å². The van der Waals surface area contributed by atoms with Crippen molar-refractivity contribution in [2.24, 2.45) is 5.92 Å². The van der Waals surface area contributed by atoms with Crippen molar-refractivity contribution in [3.05, 3.63) is 0 Å². The number of ether oxygens (including phenoxy) is 4. The smallest absolute Gasteiger partial charge is 0.462 e. The van der Waals surface area contributed by atoms with Gasteiger partial charge in [-0.2, -0.15) is 0 Å². The lowest BCUT2D eigenvalue weighted by molar-refractivity contribution is -0.161. The summed E-state index contributed by atoms with van der Waals surface area (Å²) in [6.45, 7) is 7.33. The minimum atomic E-state index is -4.97. The third-order valence-corrected chi connectivity index (χ3v) is 22.9. The molecule has 0 heterocycles. The first-order valence-corrected chi connectivity index (χ1v) is 49.1. The van der Waals surface area contributed by atoms with Crippen LogP contribution in [0.5, 0.6) is 0 Å². The van der Waals surface area contributed by atoms with E-state index in [9.17, 15) is 43.2 Å². The van der Waals surface area contributed by atoms with Crippen molar-refractivity contribution in [3.63, 3.8) is 0 Å². The summed E-state index contributed by atoms with van der Waals surface area (Å²) in [5, 5.41) is 10.7. The molecular formula is C89H174O17P2. The van der Waals surface area contributed by atoms with Gasteiger partial charge in [0.15, 0.2) is 12.2 Å². The standard InChI is InChI=1S/C89H174O17P2/c1-6-9-12-15-18-21-24-27-30-33-36-38-41-43-46-49-52-57-62-67-72-86(91)99-78-84(105-88(93)74-69-65-59-54-51-48-45-42-39-37-34-31-28-25-22-19-16-13-10-7-2)80-103-107(95,96)101-76-83(90)77-102-108(97,98)104-81-85(79-100-87(92)73-68-63-60-55-56-61-66-71-82(4)5)106-89(94)75-70-64-58-53-50-47-44-40-35-32-29-26-23-20-17-14-11-8-3/h82-85,90H,6-81H2,1-5H3,(H,95,96)(H,97,98)/t83-,84-,85-/m1/s1. The quantitative estimate of drug-likeness (QED) is 0.0222. The van der Waals surface area contributed by atoms with E-state index in [0.717, 1.165) is 96.3 Å². The summed E-state index contributed by atoms with van der Waals surface area (Å²) in [7, 11) is -9.93. The number of carbonyl (C=O) groups is 4. The number of aliphatic hydroxyl groups excluding tert-OH is 1. The zero-order valence-electron chi connectivity index (χ0n) is 71.0. The lowest BCUT2D eigenvalue weighted by atomic mass is 10.0. The van der Waals surface area contributed by atoms with E-state index >= 15 is 0 Å². The molecule has 0 aromatic rings. The van der Waals surface area contributed by atoms with E-state index in [2.05, 4.69) is 34.6 Å². The second-order valence-electron chi connectivity index (χ2n) is 32.5. The van der Waals surface area contributed by atoms with Gasteiger partial charge in [-0.3, -0.25) is 37.3 Å². The van der Waals surface area contributed by atoms with E-state index in [1.54, 1.807) is 0 Å². The summed E-state index contributed by atoms with van der Waals surface area (Å²) in [5.41, 5.74) is 0. The molecule has 0 aliphatic heterocycles. The lowest BCUT2D eigenvalue weighted by Gasteiger charge is -2.21. The average molecular weight is 1580 g/mol. The van der Waals surface area contributed by atoms with Crippen LogP contribution in [0.15, 0.2) is 0 Å². The highest BCUT2D eigenvalue weighted by Gasteiger charge is 2.30.